The summed E-state index contributed by atoms with van der Waals surface area (Å²) in [6, 6.07) is 13.1. The van der Waals surface area contributed by atoms with E-state index in [1.165, 1.54) is 12.1 Å². The number of ether oxygens (including phenoxy) is 2. The number of hydrogen-bond acceptors (Lipinski definition) is 6. The van der Waals surface area contributed by atoms with Gasteiger partial charge in [0.05, 0.1) is 13.7 Å². The molecule has 1 heterocycles. The van der Waals surface area contributed by atoms with E-state index in [0.717, 1.165) is 11.3 Å². The van der Waals surface area contributed by atoms with E-state index in [1.54, 1.807) is 19.2 Å². The maximum Gasteiger partial charge on any atom is 0.226 e. The Hall–Kier alpha value is -3.42. The van der Waals surface area contributed by atoms with Gasteiger partial charge in [-0.25, -0.2) is 4.39 Å². The lowest BCUT2D eigenvalue weighted by Gasteiger charge is -2.07. The van der Waals surface area contributed by atoms with Gasteiger partial charge in [0.1, 0.15) is 23.9 Å². The van der Waals surface area contributed by atoms with Gasteiger partial charge in [-0.1, -0.05) is 5.16 Å². The van der Waals surface area contributed by atoms with Crippen LogP contribution in [0.4, 0.5) is 4.39 Å². The first-order valence-corrected chi connectivity index (χ1v) is 9.26. The first kappa shape index (κ1) is 20.3. The SMILES string of the molecule is COc1ccc(-c2noc(CCCC(=O)NCCOc3ccc(F)cc3)n2)cc1. The molecule has 0 saturated carbocycles. The van der Waals surface area contributed by atoms with E-state index in [0.29, 0.717) is 49.9 Å². The van der Waals surface area contributed by atoms with E-state index in [-0.39, 0.29) is 11.7 Å². The summed E-state index contributed by atoms with van der Waals surface area (Å²) in [5, 5.41) is 6.74. The van der Waals surface area contributed by atoms with Crippen molar-refractivity contribution in [2.24, 2.45) is 0 Å². The van der Waals surface area contributed by atoms with Crippen LogP contribution in [-0.4, -0.2) is 36.3 Å². The number of carbonyl (C=O) groups excluding carboxylic acids is 1. The van der Waals surface area contributed by atoms with Gasteiger partial charge in [0.25, 0.3) is 0 Å². The van der Waals surface area contributed by atoms with Gasteiger partial charge in [-0.2, -0.15) is 4.98 Å². The van der Waals surface area contributed by atoms with Crippen molar-refractivity contribution in [2.45, 2.75) is 19.3 Å². The molecule has 0 bridgehead atoms. The van der Waals surface area contributed by atoms with Crippen molar-refractivity contribution in [3.8, 4) is 22.9 Å². The van der Waals surface area contributed by atoms with Gasteiger partial charge < -0.3 is 19.3 Å². The molecule has 0 spiro atoms. The Morgan fingerprint density at radius 1 is 1.10 bits per heavy atom. The van der Waals surface area contributed by atoms with E-state index < -0.39 is 0 Å². The number of halogens is 1. The molecule has 152 valence electrons. The average molecular weight is 399 g/mol. The van der Waals surface area contributed by atoms with Crippen LogP contribution in [0.15, 0.2) is 53.1 Å². The summed E-state index contributed by atoms with van der Waals surface area (Å²) in [6.07, 6.45) is 1.45. The predicted octanol–water partition coefficient (Wildman–Crippen LogP) is 3.40. The number of hydrogen-bond donors (Lipinski definition) is 1. The highest BCUT2D eigenvalue weighted by Gasteiger charge is 2.10. The minimum absolute atomic E-state index is 0.0809. The number of nitrogens with one attached hydrogen (secondary N) is 1. The van der Waals surface area contributed by atoms with Gasteiger partial charge >= 0.3 is 0 Å². The molecule has 0 atom stereocenters. The Bertz CT molecular complexity index is 910. The quantitative estimate of drug-likeness (QED) is 0.526. The maximum atomic E-state index is 12.8. The van der Waals surface area contributed by atoms with Crippen LogP contribution in [0.3, 0.4) is 0 Å². The second-order valence-corrected chi connectivity index (χ2v) is 6.25. The number of benzene rings is 2. The summed E-state index contributed by atoms with van der Waals surface area (Å²) in [6.45, 7) is 0.685. The molecule has 2 aromatic carbocycles. The second kappa shape index (κ2) is 10.2. The first-order valence-electron chi connectivity index (χ1n) is 9.26. The summed E-state index contributed by atoms with van der Waals surface area (Å²) < 4.78 is 28.6. The van der Waals surface area contributed by atoms with Crippen molar-refractivity contribution in [2.75, 3.05) is 20.3 Å². The van der Waals surface area contributed by atoms with Gasteiger partial charge in [-0.3, -0.25) is 4.79 Å². The summed E-state index contributed by atoms with van der Waals surface area (Å²) in [7, 11) is 1.61. The lowest BCUT2D eigenvalue weighted by Crippen LogP contribution is -2.27. The lowest BCUT2D eigenvalue weighted by molar-refractivity contribution is -0.121. The van der Waals surface area contributed by atoms with Crippen LogP contribution in [0.5, 0.6) is 11.5 Å². The minimum Gasteiger partial charge on any atom is -0.497 e. The molecule has 8 heteroatoms. The Labute approximate surface area is 167 Å². The van der Waals surface area contributed by atoms with E-state index in [4.69, 9.17) is 14.0 Å². The third kappa shape index (κ3) is 6.31. The fraction of sp³-hybridized carbons (Fsp3) is 0.286. The van der Waals surface area contributed by atoms with E-state index in [1.807, 2.05) is 24.3 Å². The van der Waals surface area contributed by atoms with Crippen LogP contribution in [0, 0.1) is 5.82 Å². The summed E-state index contributed by atoms with van der Waals surface area (Å²) >= 11 is 0. The molecular formula is C21H22FN3O4. The molecule has 0 saturated heterocycles. The Morgan fingerprint density at radius 2 is 1.83 bits per heavy atom. The van der Waals surface area contributed by atoms with E-state index >= 15 is 0 Å². The number of methoxy groups -OCH3 is 1. The monoisotopic (exact) mass is 399 g/mol. The molecule has 1 aromatic heterocycles. The van der Waals surface area contributed by atoms with Crippen molar-refractivity contribution < 1.29 is 23.2 Å². The fourth-order valence-electron chi connectivity index (χ4n) is 2.59. The Balaban J connectivity index is 1.33. The van der Waals surface area contributed by atoms with Crippen molar-refractivity contribution in [1.82, 2.24) is 15.5 Å². The number of rotatable bonds is 10. The molecule has 3 rings (SSSR count). The average Bonchev–Trinajstić information content (AvgIpc) is 3.21. The highest BCUT2D eigenvalue weighted by Crippen LogP contribution is 2.20. The van der Waals surface area contributed by atoms with Crippen LogP contribution < -0.4 is 14.8 Å². The third-order valence-electron chi connectivity index (χ3n) is 4.12. The van der Waals surface area contributed by atoms with Gasteiger partial charge in [0.15, 0.2) is 0 Å². The van der Waals surface area contributed by atoms with E-state index in [9.17, 15) is 9.18 Å². The van der Waals surface area contributed by atoms with Gasteiger partial charge in [-0.15, -0.1) is 0 Å². The predicted molar refractivity (Wildman–Crippen MR) is 104 cm³/mol. The van der Waals surface area contributed by atoms with Crippen molar-refractivity contribution >= 4 is 5.91 Å². The Morgan fingerprint density at radius 3 is 2.55 bits per heavy atom. The molecular weight excluding hydrogens is 377 g/mol. The molecule has 0 aliphatic carbocycles. The lowest BCUT2D eigenvalue weighted by atomic mass is 10.2. The Kier molecular flexibility index (Phi) is 7.16. The zero-order chi connectivity index (χ0) is 20.5. The summed E-state index contributed by atoms with van der Waals surface area (Å²) in [4.78, 5) is 16.2. The second-order valence-electron chi connectivity index (χ2n) is 6.25. The number of aryl methyl sites for hydroxylation is 1. The van der Waals surface area contributed by atoms with Crippen molar-refractivity contribution in [1.29, 1.82) is 0 Å². The molecule has 1 N–H and O–H groups in total. The van der Waals surface area contributed by atoms with Crippen molar-refractivity contribution in [3.05, 3.63) is 60.2 Å². The number of aromatic nitrogens is 2. The van der Waals surface area contributed by atoms with Gasteiger partial charge in [0.2, 0.25) is 17.6 Å². The van der Waals surface area contributed by atoms with Crippen LogP contribution in [0.1, 0.15) is 18.7 Å². The van der Waals surface area contributed by atoms with Crippen LogP contribution in [0.25, 0.3) is 11.4 Å². The molecule has 0 aliphatic rings. The summed E-state index contributed by atoms with van der Waals surface area (Å²) in [5.41, 5.74) is 0.833. The largest absolute Gasteiger partial charge is 0.497 e. The minimum atomic E-state index is -0.317. The topological polar surface area (TPSA) is 86.5 Å². The normalized spacial score (nSPS) is 10.6. The zero-order valence-corrected chi connectivity index (χ0v) is 16.1. The standard InChI is InChI=1S/C21H22FN3O4/c1-27-17-9-5-15(6-10-17)21-24-20(29-25-21)4-2-3-19(26)23-13-14-28-18-11-7-16(22)8-12-18/h5-12H,2-4,13-14H2,1H3,(H,23,26). The molecule has 3 aromatic rings. The fourth-order valence-corrected chi connectivity index (χ4v) is 2.59. The summed E-state index contributed by atoms with van der Waals surface area (Å²) in [5.74, 6) is 1.91. The molecule has 7 nitrogen and oxygen atoms in total. The van der Waals surface area contributed by atoms with Crippen LogP contribution in [-0.2, 0) is 11.2 Å². The molecule has 1 amide bonds. The maximum absolute atomic E-state index is 12.8. The molecule has 0 radical (unpaired) electrons. The van der Waals surface area contributed by atoms with E-state index in [2.05, 4.69) is 15.5 Å². The highest BCUT2D eigenvalue weighted by molar-refractivity contribution is 5.75. The van der Waals surface area contributed by atoms with Crippen LogP contribution in [0.2, 0.25) is 0 Å². The van der Waals surface area contributed by atoms with Crippen molar-refractivity contribution in [3.63, 3.8) is 0 Å². The zero-order valence-electron chi connectivity index (χ0n) is 16.1. The number of amides is 1. The third-order valence-corrected chi connectivity index (χ3v) is 4.12. The van der Waals surface area contributed by atoms with Gasteiger partial charge in [0, 0.05) is 18.4 Å². The molecule has 0 aliphatic heterocycles. The molecule has 0 fully saturated rings. The molecule has 0 unspecified atom stereocenters. The van der Waals surface area contributed by atoms with Crippen LogP contribution >= 0.6 is 0 Å². The number of carbonyl (C=O) groups is 1. The number of nitrogens with zero attached hydrogens (tertiary/aromatic N) is 2. The highest BCUT2D eigenvalue weighted by atomic mass is 19.1. The first-order chi connectivity index (χ1) is 14.1. The smallest absolute Gasteiger partial charge is 0.226 e. The molecule has 29 heavy (non-hydrogen) atoms. The van der Waals surface area contributed by atoms with Gasteiger partial charge in [-0.05, 0) is 55.0 Å².